The van der Waals surface area contributed by atoms with Crippen LogP contribution in [0.25, 0.3) is 0 Å². The first-order valence-electron chi connectivity index (χ1n) is 15.5. The SMILES string of the molecule is CCCCNC(=O)[C@H](Cc1ccccc1)N(Cc1cccc(Br)c1)C(=O)CN(c1ccc(OCC)cc1)S(=O)(=O)c1ccc(Br)cc1. The maximum atomic E-state index is 14.6. The Bertz CT molecular complexity index is 1720. The molecule has 4 aromatic rings. The van der Waals surface area contributed by atoms with Gasteiger partial charge < -0.3 is 15.0 Å². The minimum Gasteiger partial charge on any atom is -0.494 e. The highest BCUT2D eigenvalue weighted by Crippen LogP contribution is 2.28. The normalized spacial score (nSPS) is 11.8. The number of unbranched alkanes of at least 4 members (excludes halogenated alkanes) is 1. The number of hydrogen-bond acceptors (Lipinski definition) is 5. The molecule has 2 amide bonds. The van der Waals surface area contributed by atoms with E-state index >= 15 is 0 Å². The van der Waals surface area contributed by atoms with Crippen molar-refractivity contribution in [1.82, 2.24) is 10.2 Å². The van der Waals surface area contributed by atoms with Crippen molar-refractivity contribution in [3.63, 3.8) is 0 Å². The van der Waals surface area contributed by atoms with Crippen LogP contribution in [0.15, 0.2) is 117 Å². The molecule has 0 aliphatic carbocycles. The average molecular weight is 786 g/mol. The van der Waals surface area contributed by atoms with Gasteiger partial charge in [-0.1, -0.05) is 87.7 Å². The fourth-order valence-corrected chi connectivity index (χ4v) is 7.16. The van der Waals surface area contributed by atoms with Gasteiger partial charge >= 0.3 is 0 Å². The fourth-order valence-electron chi connectivity index (χ4n) is 5.03. The number of halogens is 2. The van der Waals surface area contributed by atoms with Crippen LogP contribution in [0.4, 0.5) is 5.69 Å². The maximum Gasteiger partial charge on any atom is 0.264 e. The third-order valence-electron chi connectivity index (χ3n) is 7.46. The van der Waals surface area contributed by atoms with Crippen molar-refractivity contribution in [3.8, 4) is 5.75 Å². The molecule has 8 nitrogen and oxygen atoms in total. The van der Waals surface area contributed by atoms with Crippen LogP contribution in [0, 0.1) is 0 Å². The van der Waals surface area contributed by atoms with Crippen LogP contribution in [0.1, 0.15) is 37.8 Å². The van der Waals surface area contributed by atoms with E-state index < -0.39 is 28.5 Å². The van der Waals surface area contributed by atoms with Gasteiger partial charge in [-0.3, -0.25) is 13.9 Å². The van der Waals surface area contributed by atoms with Crippen molar-refractivity contribution in [2.45, 2.75) is 50.6 Å². The highest BCUT2D eigenvalue weighted by molar-refractivity contribution is 9.10. The number of rotatable bonds is 16. The monoisotopic (exact) mass is 783 g/mol. The van der Waals surface area contributed by atoms with Gasteiger partial charge in [0.2, 0.25) is 11.8 Å². The number of anilines is 1. The van der Waals surface area contributed by atoms with Gasteiger partial charge in [-0.05, 0) is 85.1 Å². The van der Waals surface area contributed by atoms with Crippen molar-refractivity contribution in [3.05, 3.63) is 123 Å². The molecule has 0 aliphatic heterocycles. The minimum absolute atomic E-state index is 0.0269. The van der Waals surface area contributed by atoms with Gasteiger partial charge in [-0.25, -0.2) is 8.42 Å². The molecule has 0 heterocycles. The molecule has 0 fully saturated rings. The zero-order valence-corrected chi connectivity index (χ0v) is 30.4. The van der Waals surface area contributed by atoms with E-state index in [0.717, 1.165) is 37.2 Å². The lowest BCUT2D eigenvalue weighted by atomic mass is 10.0. The maximum absolute atomic E-state index is 14.6. The van der Waals surface area contributed by atoms with Gasteiger partial charge in [-0.15, -0.1) is 0 Å². The van der Waals surface area contributed by atoms with Crippen molar-refractivity contribution in [2.24, 2.45) is 0 Å². The molecule has 0 saturated carbocycles. The first kappa shape index (κ1) is 36.2. The predicted molar refractivity (Wildman–Crippen MR) is 193 cm³/mol. The highest BCUT2D eigenvalue weighted by Gasteiger charge is 2.34. The van der Waals surface area contributed by atoms with E-state index in [1.807, 2.05) is 68.4 Å². The average Bonchev–Trinajstić information content (AvgIpc) is 3.06. The number of amides is 2. The second-order valence-corrected chi connectivity index (χ2v) is 14.6. The van der Waals surface area contributed by atoms with Crippen LogP contribution < -0.4 is 14.4 Å². The summed E-state index contributed by atoms with van der Waals surface area (Å²) in [7, 11) is -4.21. The first-order chi connectivity index (χ1) is 22.6. The molecule has 47 heavy (non-hydrogen) atoms. The minimum atomic E-state index is -4.21. The van der Waals surface area contributed by atoms with Crippen molar-refractivity contribution in [2.75, 3.05) is 24.0 Å². The second kappa shape index (κ2) is 17.5. The quantitative estimate of drug-likeness (QED) is 0.120. The molecule has 0 aliphatic rings. The lowest BCUT2D eigenvalue weighted by Crippen LogP contribution is -2.53. The molecule has 248 valence electrons. The Morgan fingerprint density at radius 1 is 0.830 bits per heavy atom. The van der Waals surface area contributed by atoms with Crippen molar-refractivity contribution < 1.29 is 22.7 Å². The van der Waals surface area contributed by atoms with Crippen LogP contribution in [0.2, 0.25) is 0 Å². The van der Waals surface area contributed by atoms with Gasteiger partial charge in [0.15, 0.2) is 0 Å². The number of sulfonamides is 1. The van der Waals surface area contributed by atoms with Gasteiger partial charge in [0.25, 0.3) is 10.0 Å². The zero-order valence-electron chi connectivity index (χ0n) is 26.4. The zero-order chi connectivity index (χ0) is 33.8. The lowest BCUT2D eigenvalue weighted by molar-refractivity contribution is -0.140. The Hall–Kier alpha value is -3.67. The largest absolute Gasteiger partial charge is 0.494 e. The second-order valence-electron chi connectivity index (χ2n) is 10.9. The van der Waals surface area contributed by atoms with E-state index in [4.69, 9.17) is 4.74 Å². The Balaban J connectivity index is 1.79. The lowest BCUT2D eigenvalue weighted by Gasteiger charge is -2.34. The van der Waals surface area contributed by atoms with Crippen LogP contribution >= 0.6 is 31.9 Å². The Kier molecular flexibility index (Phi) is 13.4. The van der Waals surface area contributed by atoms with E-state index in [1.54, 1.807) is 36.4 Å². The summed E-state index contributed by atoms with van der Waals surface area (Å²) in [6.45, 7) is 4.38. The summed E-state index contributed by atoms with van der Waals surface area (Å²) in [4.78, 5) is 30.0. The number of carbonyl (C=O) groups is 2. The summed E-state index contributed by atoms with van der Waals surface area (Å²) in [6, 6.07) is 28.9. The van der Waals surface area contributed by atoms with Crippen LogP contribution in [0.5, 0.6) is 5.75 Å². The smallest absolute Gasteiger partial charge is 0.264 e. The first-order valence-corrected chi connectivity index (χ1v) is 18.5. The van der Waals surface area contributed by atoms with E-state index in [-0.39, 0.29) is 23.8 Å². The van der Waals surface area contributed by atoms with Crippen LogP contribution in [-0.2, 0) is 32.6 Å². The number of carbonyl (C=O) groups excluding carboxylic acids is 2. The molecular weight excluding hydrogens is 746 g/mol. The number of ether oxygens (including phenoxy) is 1. The molecule has 0 radical (unpaired) electrons. The number of nitrogens with zero attached hydrogens (tertiary/aromatic N) is 2. The molecule has 1 atom stereocenters. The molecule has 0 aromatic heterocycles. The number of nitrogens with one attached hydrogen (secondary N) is 1. The molecule has 1 N–H and O–H groups in total. The fraction of sp³-hybridized carbons (Fsp3) is 0.278. The van der Waals surface area contributed by atoms with Crippen molar-refractivity contribution in [1.29, 1.82) is 0 Å². The van der Waals surface area contributed by atoms with Crippen LogP contribution in [0.3, 0.4) is 0 Å². The molecule has 4 aromatic carbocycles. The summed E-state index contributed by atoms with van der Waals surface area (Å²) in [6.07, 6.45) is 1.94. The summed E-state index contributed by atoms with van der Waals surface area (Å²) < 4.78 is 36.6. The van der Waals surface area contributed by atoms with E-state index in [1.165, 1.54) is 17.0 Å². The Morgan fingerprint density at radius 3 is 2.15 bits per heavy atom. The Labute approximate surface area is 294 Å². The number of hydrogen-bond donors (Lipinski definition) is 1. The summed E-state index contributed by atoms with van der Waals surface area (Å²) in [5, 5.41) is 3.01. The van der Waals surface area contributed by atoms with Gasteiger partial charge in [0, 0.05) is 28.5 Å². The topological polar surface area (TPSA) is 96.0 Å². The summed E-state index contributed by atoms with van der Waals surface area (Å²) >= 11 is 6.88. The summed E-state index contributed by atoms with van der Waals surface area (Å²) in [5.41, 5.74) is 1.95. The molecular formula is C36H39Br2N3O5S. The molecule has 0 bridgehead atoms. The predicted octanol–water partition coefficient (Wildman–Crippen LogP) is 7.36. The van der Waals surface area contributed by atoms with Gasteiger partial charge in [-0.2, -0.15) is 0 Å². The third-order valence-corrected chi connectivity index (χ3v) is 10.3. The molecule has 0 spiro atoms. The standard InChI is InChI=1S/C36H39Br2N3O5S/c1-3-5-22-39-36(43)34(24-27-10-7-6-8-11-27)40(25-28-12-9-13-30(38)23-28)35(42)26-41(31-16-18-32(19-17-31)46-4-2)47(44,45)33-20-14-29(37)15-21-33/h6-21,23,34H,3-5,22,24-26H2,1-2H3,(H,39,43)/t34-/m0/s1. The van der Waals surface area contributed by atoms with Crippen LogP contribution in [-0.4, -0.2) is 50.9 Å². The summed E-state index contributed by atoms with van der Waals surface area (Å²) in [5.74, 6) is -0.244. The Morgan fingerprint density at radius 2 is 1.51 bits per heavy atom. The third kappa shape index (κ3) is 10.2. The van der Waals surface area contributed by atoms with Gasteiger partial charge in [0.05, 0.1) is 17.2 Å². The highest BCUT2D eigenvalue weighted by atomic mass is 79.9. The number of benzene rings is 4. The van der Waals surface area contributed by atoms with E-state index in [9.17, 15) is 18.0 Å². The molecule has 4 rings (SSSR count). The molecule has 0 saturated heterocycles. The molecule has 11 heteroatoms. The van der Waals surface area contributed by atoms with E-state index in [2.05, 4.69) is 37.2 Å². The van der Waals surface area contributed by atoms with E-state index in [0.29, 0.717) is 24.6 Å². The molecule has 0 unspecified atom stereocenters. The van der Waals surface area contributed by atoms with Gasteiger partial charge in [0.1, 0.15) is 18.3 Å². The van der Waals surface area contributed by atoms with Crippen molar-refractivity contribution >= 4 is 59.4 Å².